The van der Waals surface area contributed by atoms with Crippen molar-refractivity contribution in [3.05, 3.63) is 77.9 Å². The number of carbonyl (C=O) groups is 2. The lowest BCUT2D eigenvalue weighted by atomic mass is 10.1. The van der Waals surface area contributed by atoms with Gasteiger partial charge in [-0.15, -0.1) is 0 Å². The number of methoxy groups -OCH3 is 2. The van der Waals surface area contributed by atoms with E-state index in [2.05, 4.69) is 5.32 Å². The SMILES string of the molecule is COc1ccc(S(=O)(=O)N(CC(=O)Nc2ccccc2C(=O)N2CCCC2)c2ccc(C)cc2)cc1OC. The molecule has 0 atom stereocenters. The number of para-hydroxylation sites is 1. The van der Waals surface area contributed by atoms with E-state index in [9.17, 15) is 18.0 Å². The number of anilines is 2. The Kier molecular flexibility index (Phi) is 8.21. The summed E-state index contributed by atoms with van der Waals surface area (Å²) in [4.78, 5) is 28.0. The summed E-state index contributed by atoms with van der Waals surface area (Å²) >= 11 is 0. The van der Waals surface area contributed by atoms with Crippen molar-refractivity contribution in [1.29, 1.82) is 0 Å². The Morgan fingerprint density at radius 1 is 0.921 bits per heavy atom. The number of likely N-dealkylation sites (tertiary alicyclic amines) is 1. The quantitative estimate of drug-likeness (QED) is 0.441. The van der Waals surface area contributed by atoms with E-state index in [1.807, 2.05) is 6.92 Å². The summed E-state index contributed by atoms with van der Waals surface area (Å²) in [6.45, 7) is 2.72. The minimum Gasteiger partial charge on any atom is -0.493 e. The number of sulfonamides is 1. The Morgan fingerprint density at radius 3 is 2.24 bits per heavy atom. The first kappa shape index (κ1) is 27.0. The molecule has 0 bridgehead atoms. The summed E-state index contributed by atoms with van der Waals surface area (Å²) in [5, 5.41) is 2.75. The number of hydrogen-bond acceptors (Lipinski definition) is 6. The summed E-state index contributed by atoms with van der Waals surface area (Å²) < 4.78 is 39.2. The Morgan fingerprint density at radius 2 is 1.58 bits per heavy atom. The zero-order valence-corrected chi connectivity index (χ0v) is 22.5. The summed E-state index contributed by atoms with van der Waals surface area (Å²) in [5.41, 5.74) is 1.96. The lowest BCUT2D eigenvalue weighted by molar-refractivity contribution is -0.114. The van der Waals surface area contributed by atoms with E-state index in [-0.39, 0.29) is 16.6 Å². The maximum Gasteiger partial charge on any atom is 0.264 e. The molecular formula is C28H31N3O6S. The second-order valence-electron chi connectivity index (χ2n) is 8.96. The second-order valence-corrected chi connectivity index (χ2v) is 10.8. The van der Waals surface area contributed by atoms with Gasteiger partial charge in [0, 0.05) is 19.2 Å². The van der Waals surface area contributed by atoms with Crippen LogP contribution in [0.4, 0.5) is 11.4 Å². The summed E-state index contributed by atoms with van der Waals surface area (Å²) in [5.74, 6) is -0.121. The van der Waals surface area contributed by atoms with Crippen molar-refractivity contribution < 1.29 is 27.5 Å². The number of carbonyl (C=O) groups excluding carboxylic acids is 2. The Balaban J connectivity index is 1.65. The second kappa shape index (κ2) is 11.6. The maximum atomic E-state index is 13.8. The molecule has 0 aliphatic carbocycles. The van der Waals surface area contributed by atoms with Gasteiger partial charge in [-0.05, 0) is 56.2 Å². The van der Waals surface area contributed by atoms with E-state index in [4.69, 9.17) is 9.47 Å². The highest BCUT2D eigenvalue weighted by Gasteiger charge is 2.29. The molecule has 1 saturated heterocycles. The third kappa shape index (κ3) is 5.75. The van der Waals surface area contributed by atoms with Crippen LogP contribution in [-0.4, -0.2) is 59.0 Å². The molecule has 4 rings (SSSR count). The van der Waals surface area contributed by atoms with Crippen LogP contribution in [0.2, 0.25) is 0 Å². The van der Waals surface area contributed by atoms with Gasteiger partial charge in [0.1, 0.15) is 6.54 Å². The van der Waals surface area contributed by atoms with Gasteiger partial charge in [-0.2, -0.15) is 0 Å². The van der Waals surface area contributed by atoms with E-state index in [0.717, 1.165) is 22.7 Å². The highest BCUT2D eigenvalue weighted by atomic mass is 32.2. The summed E-state index contributed by atoms with van der Waals surface area (Å²) in [6, 6.07) is 17.8. The lowest BCUT2D eigenvalue weighted by Crippen LogP contribution is -2.38. The van der Waals surface area contributed by atoms with Crippen LogP contribution < -0.4 is 19.1 Å². The first-order valence-electron chi connectivity index (χ1n) is 12.2. The summed E-state index contributed by atoms with van der Waals surface area (Å²) in [6.07, 6.45) is 1.89. The molecule has 9 nitrogen and oxygen atoms in total. The standard InChI is InChI=1S/C28H31N3O6S/c1-20-10-12-21(13-11-20)31(38(34,35)22-14-15-25(36-2)26(18-22)37-3)19-27(32)29-24-9-5-4-8-23(24)28(33)30-16-6-7-17-30/h4-5,8-15,18H,6-7,16-17,19H2,1-3H3,(H,29,32). The van der Waals surface area contributed by atoms with Gasteiger partial charge in [-0.1, -0.05) is 29.8 Å². The van der Waals surface area contributed by atoms with E-state index in [1.54, 1.807) is 53.4 Å². The Hall–Kier alpha value is -4.05. The minimum absolute atomic E-state index is 0.0619. The lowest BCUT2D eigenvalue weighted by Gasteiger charge is -2.25. The molecule has 1 aliphatic rings. The van der Waals surface area contributed by atoms with Gasteiger partial charge in [-0.3, -0.25) is 13.9 Å². The van der Waals surface area contributed by atoms with Crippen molar-refractivity contribution in [1.82, 2.24) is 4.90 Å². The summed E-state index contributed by atoms with van der Waals surface area (Å²) in [7, 11) is -1.31. The van der Waals surface area contributed by atoms with E-state index in [1.165, 1.54) is 32.4 Å². The molecule has 0 saturated carbocycles. The van der Waals surface area contributed by atoms with Crippen LogP contribution in [0.1, 0.15) is 28.8 Å². The monoisotopic (exact) mass is 537 g/mol. The van der Waals surface area contributed by atoms with E-state index < -0.39 is 22.5 Å². The molecular weight excluding hydrogens is 506 g/mol. The number of ether oxygens (including phenoxy) is 2. The molecule has 1 heterocycles. The van der Waals surface area contributed by atoms with Crippen LogP contribution in [0.5, 0.6) is 11.5 Å². The van der Waals surface area contributed by atoms with Gasteiger partial charge in [0.25, 0.3) is 15.9 Å². The van der Waals surface area contributed by atoms with Crippen molar-refractivity contribution in [2.24, 2.45) is 0 Å². The molecule has 0 unspecified atom stereocenters. The molecule has 3 aromatic rings. The van der Waals surface area contributed by atoms with Crippen molar-refractivity contribution >= 4 is 33.2 Å². The van der Waals surface area contributed by atoms with Crippen LogP contribution in [0, 0.1) is 6.92 Å². The fourth-order valence-corrected chi connectivity index (χ4v) is 5.76. The molecule has 1 fully saturated rings. The highest BCUT2D eigenvalue weighted by Crippen LogP contribution is 2.32. The normalized spacial score (nSPS) is 13.2. The highest BCUT2D eigenvalue weighted by molar-refractivity contribution is 7.92. The molecule has 3 aromatic carbocycles. The largest absolute Gasteiger partial charge is 0.493 e. The van der Waals surface area contributed by atoms with Crippen molar-refractivity contribution in [3.8, 4) is 11.5 Å². The van der Waals surface area contributed by atoms with Gasteiger partial charge >= 0.3 is 0 Å². The van der Waals surface area contributed by atoms with Crippen LogP contribution in [0.15, 0.2) is 71.6 Å². The Bertz CT molecular complexity index is 1420. The predicted octanol–water partition coefficient (Wildman–Crippen LogP) is 4.08. The molecule has 0 radical (unpaired) electrons. The molecule has 38 heavy (non-hydrogen) atoms. The minimum atomic E-state index is -4.19. The third-order valence-electron chi connectivity index (χ3n) is 6.38. The van der Waals surface area contributed by atoms with Gasteiger partial charge in [0.2, 0.25) is 5.91 Å². The molecule has 10 heteroatoms. The number of nitrogens with one attached hydrogen (secondary N) is 1. The number of aryl methyl sites for hydroxylation is 1. The molecule has 2 amide bonds. The smallest absolute Gasteiger partial charge is 0.264 e. The van der Waals surface area contributed by atoms with E-state index >= 15 is 0 Å². The fraction of sp³-hybridized carbons (Fsp3) is 0.286. The van der Waals surface area contributed by atoms with Crippen LogP contribution >= 0.6 is 0 Å². The number of rotatable bonds is 9. The van der Waals surface area contributed by atoms with Gasteiger partial charge in [-0.25, -0.2) is 8.42 Å². The Labute approximate surface area is 223 Å². The fourth-order valence-electron chi connectivity index (χ4n) is 4.32. The number of benzene rings is 3. The number of amides is 2. The zero-order chi connectivity index (χ0) is 27.3. The van der Waals surface area contributed by atoms with Crippen molar-refractivity contribution in [2.75, 3.05) is 43.5 Å². The topological polar surface area (TPSA) is 105 Å². The molecule has 0 spiro atoms. The van der Waals surface area contributed by atoms with Crippen LogP contribution in [0.3, 0.4) is 0 Å². The van der Waals surface area contributed by atoms with Gasteiger partial charge in [0.05, 0.1) is 36.1 Å². The molecule has 0 aromatic heterocycles. The average Bonchev–Trinajstić information content (AvgIpc) is 3.47. The first-order valence-corrected chi connectivity index (χ1v) is 13.7. The van der Waals surface area contributed by atoms with Crippen molar-refractivity contribution in [2.45, 2.75) is 24.7 Å². The zero-order valence-electron chi connectivity index (χ0n) is 21.6. The average molecular weight is 538 g/mol. The predicted molar refractivity (Wildman–Crippen MR) is 145 cm³/mol. The molecule has 1 N–H and O–H groups in total. The number of nitrogens with zero attached hydrogens (tertiary/aromatic N) is 2. The van der Waals surface area contributed by atoms with Crippen LogP contribution in [-0.2, 0) is 14.8 Å². The van der Waals surface area contributed by atoms with Crippen molar-refractivity contribution in [3.63, 3.8) is 0 Å². The van der Waals surface area contributed by atoms with Crippen LogP contribution in [0.25, 0.3) is 0 Å². The number of hydrogen-bond donors (Lipinski definition) is 1. The third-order valence-corrected chi connectivity index (χ3v) is 8.15. The molecule has 200 valence electrons. The van der Waals surface area contributed by atoms with Gasteiger partial charge < -0.3 is 19.7 Å². The molecule has 1 aliphatic heterocycles. The maximum absolute atomic E-state index is 13.8. The van der Waals surface area contributed by atoms with Gasteiger partial charge in [0.15, 0.2) is 11.5 Å². The van der Waals surface area contributed by atoms with E-state index in [0.29, 0.717) is 35.8 Å². The first-order chi connectivity index (χ1) is 18.2.